The van der Waals surface area contributed by atoms with Crippen molar-refractivity contribution in [2.24, 2.45) is 0 Å². The Bertz CT molecular complexity index is 1790. The number of hydrogen-bond acceptors (Lipinski definition) is 3. The van der Waals surface area contributed by atoms with E-state index in [4.69, 9.17) is 23.6 Å². The van der Waals surface area contributed by atoms with Gasteiger partial charge in [0.05, 0.1) is 22.8 Å². The molecule has 0 N–H and O–H groups in total. The second-order valence-electron chi connectivity index (χ2n) is 12.6. The molecule has 0 fully saturated rings. The van der Waals surface area contributed by atoms with E-state index in [0.717, 1.165) is 114 Å². The molecule has 5 nitrogen and oxygen atoms in total. The van der Waals surface area contributed by atoms with Gasteiger partial charge in [-0.05, 0) is 80.1 Å². The van der Waals surface area contributed by atoms with Gasteiger partial charge >= 0.3 is 21.0 Å². The summed E-state index contributed by atoms with van der Waals surface area (Å²) < 4.78 is 8.19. The van der Waals surface area contributed by atoms with Gasteiger partial charge < -0.3 is 9.97 Å². The molecule has 0 atom stereocenters. The minimum absolute atomic E-state index is 0.951. The second kappa shape index (κ2) is 17.4. The quantitative estimate of drug-likeness (QED) is 0.169. The van der Waals surface area contributed by atoms with Crippen molar-refractivity contribution in [1.29, 1.82) is 0 Å². The molecule has 8 bridgehead atoms. The third kappa shape index (κ3) is 7.52. The fraction of sp³-hybridized carbons (Fsp3) is 0.512. The van der Waals surface area contributed by atoms with Crippen LogP contribution >= 0.6 is 0 Å². The summed E-state index contributed by atoms with van der Waals surface area (Å²) in [5.74, 6) is 0. The van der Waals surface area contributed by atoms with Gasteiger partial charge in [0.1, 0.15) is 0 Å². The molecule has 5 rings (SSSR count). The number of rotatable bonds is 13. The summed E-state index contributed by atoms with van der Waals surface area (Å²) in [7, 11) is 0. The van der Waals surface area contributed by atoms with Crippen LogP contribution in [-0.4, -0.2) is 9.97 Å². The van der Waals surface area contributed by atoms with Crippen LogP contribution in [0.25, 0.3) is 44.4 Å². The van der Waals surface area contributed by atoms with Crippen molar-refractivity contribution in [3.8, 4) is 0 Å². The SMILES string of the molecule is CCCCCCCC1=C(CC)c2cc3[n-]c(cc4nc(cc5[n-]c(cc1n2)c(CC)c5CC)C(CC)=C4CC)c(CC)c3CC.[O]=[V+2]. The molecule has 0 saturated heterocycles. The van der Waals surface area contributed by atoms with Gasteiger partial charge in [0.15, 0.2) is 0 Å². The molecule has 0 radical (unpaired) electrons. The summed E-state index contributed by atoms with van der Waals surface area (Å²) >= 11 is 1.06. The van der Waals surface area contributed by atoms with Gasteiger partial charge in [-0.25, -0.2) is 9.97 Å². The van der Waals surface area contributed by atoms with Crippen molar-refractivity contribution >= 4 is 44.4 Å². The maximum atomic E-state index is 8.19. The molecular weight excluding hydrogens is 615 g/mol. The van der Waals surface area contributed by atoms with Crippen LogP contribution in [0.5, 0.6) is 0 Å². The van der Waals surface area contributed by atoms with E-state index in [9.17, 15) is 0 Å². The van der Waals surface area contributed by atoms with Crippen molar-refractivity contribution in [3.05, 3.63) is 69.3 Å². The molecule has 2 aliphatic heterocycles. The molecule has 3 aromatic rings. The average molecular weight is 670 g/mol. The first kappa shape index (κ1) is 36.8. The summed E-state index contributed by atoms with van der Waals surface area (Å²) in [6.45, 7) is 18.1. The van der Waals surface area contributed by atoms with Gasteiger partial charge in [0.25, 0.3) is 0 Å². The minimum atomic E-state index is 0.951. The fourth-order valence-corrected chi connectivity index (χ4v) is 7.71. The molecule has 5 heterocycles. The predicted molar refractivity (Wildman–Crippen MR) is 195 cm³/mol. The third-order valence-electron chi connectivity index (χ3n) is 9.99. The normalized spacial score (nSPS) is 13.0. The molecule has 0 spiro atoms. The molecule has 0 aliphatic carbocycles. The van der Waals surface area contributed by atoms with E-state index in [1.54, 1.807) is 0 Å². The Kier molecular flexibility index (Phi) is 13.6. The first-order valence-corrected chi connectivity index (χ1v) is 18.8. The van der Waals surface area contributed by atoms with Gasteiger partial charge in [0, 0.05) is 0 Å². The van der Waals surface area contributed by atoms with E-state index in [0.29, 0.717) is 0 Å². The van der Waals surface area contributed by atoms with E-state index >= 15 is 0 Å². The Morgan fingerprint density at radius 3 is 1.09 bits per heavy atom. The molecule has 0 saturated carbocycles. The Morgan fingerprint density at radius 1 is 0.447 bits per heavy atom. The van der Waals surface area contributed by atoms with Crippen molar-refractivity contribution in [3.63, 3.8) is 0 Å². The summed E-state index contributed by atoms with van der Waals surface area (Å²) in [6, 6.07) is 9.12. The Balaban J connectivity index is 0.00000245. The molecule has 0 amide bonds. The van der Waals surface area contributed by atoms with Crippen molar-refractivity contribution < 1.29 is 21.0 Å². The van der Waals surface area contributed by atoms with E-state index in [1.807, 2.05) is 0 Å². The third-order valence-corrected chi connectivity index (χ3v) is 9.99. The Labute approximate surface area is 292 Å². The number of aromatic nitrogens is 4. The molecule has 6 heteroatoms. The van der Waals surface area contributed by atoms with E-state index < -0.39 is 0 Å². The summed E-state index contributed by atoms with van der Waals surface area (Å²) in [5.41, 5.74) is 19.5. The summed E-state index contributed by atoms with van der Waals surface area (Å²) in [4.78, 5) is 21.4. The van der Waals surface area contributed by atoms with Crippen LogP contribution in [0.3, 0.4) is 0 Å². The van der Waals surface area contributed by atoms with Crippen LogP contribution in [0.4, 0.5) is 0 Å². The molecular formula is C41H54N4OV. The Hall–Kier alpha value is -3.02. The van der Waals surface area contributed by atoms with Gasteiger partial charge in [-0.3, -0.25) is 0 Å². The van der Waals surface area contributed by atoms with E-state index in [-0.39, 0.29) is 0 Å². The van der Waals surface area contributed by atoms with Gasteiger partial charge in [-0.15, -0.1) is 22.1 Å². The monoisotopic (exact) mass is 669 g/mol. The van der Waals surface area contributed by atoms with Crippen LogP contribution in [0.15, 0.2) is 24.3 Å². The van der Waals surface area contributed by atoms with Crippen LogP contribution in [0, 0.1) is 0 Å². The number of nitrogens with zero attached hydrogens (tertiary/aromatic N) is 4. The van der Waals surface area contributed by atoms with Crippen LogP contribution in [-0.2, 0) is 46.7 Å². The first-order valence-electron chi connectivity index (χ1n) is 18.3. The number of hydrogen-bond donors (Lipinski definition) is 0. The zero-order valence-electron chi connectivity index (χ0n) is 30.1. The van der Waals surface area contributed by atoms with Gasteiger partial charge in [-0.2, -0.15) is 0 Å². The number of allylic oxidation sites excluding steroid dienone is 4. The number of unbranched alkanes of at least 4 members (excludes halogenated alkanes) is 4. The zero-order chi connectivity index (χ0) is 34.1. The molecule has 249 valence electrons. The standard InChI is InChI=1S/C41H54N4.O.V/c1-9-17-18-19-20-21-33-32(16-8)40-24-38-29(13-5)28(12-4)36(43-38)22-34-26(10-2)27(11-3)35(42-34)23-37-30(14-6)31(15-7)39(44-37)25-41(33)45-40;;/h22-25H,9-21H2,1-8H3;;/q-2;;+2. The van der Waals surface area contributed by atoms with E-state index in [2.05, 4.69) is 79.7 Å². The van der Waals surface area contributed by atoms with Crippen molar-refractivity contribution in [2.45, 2.75) is 139 Å². The number of fused-ring (bicyclic) bond motifs is 8. The molecule has 2 aliphatic rings. The first-order chi connectivity index (χ1) is 23.0. The van der Waals surface area contributed by atoms with Gasteiger partial charge in [0.2, 0.25) is 0 Å². The van der Waals surface area contributed by atoms with Crippen LogP contribution in [0.1, 0.15) is 158 Å². The topological polar surface area (TPSA) is 71.1 Å². The summed E-state index contributed by atoms with van der Waals surface area (Å²) in [6.07, 6.45) is 14.1. The molecule has 0 unspecified atom stereocenters. The van der Waals surface area contributed by atoms with Gasteiger partial charge in [-0.1, -0.05) is 128 Å². The van der Waals surface area contributed by atoms with Crippen molar-refractivity contribution in [1.82, 2.24) is 19.9 Å². The second-order valence-corrected chi connectivity index (χ2v) is 12.6. The van der Waals surface area contributed by atoms with E-state index in [1.165, 1.54) is 76.7 Å². The fourth-order valence-electron chi connectivity index (χ4n) is 7.71. The predicted octanol–water partition coefficient (Wildman–Crippen LogP) is 11.1. The maximum absolute atomic E-state index is 8.19. The molecule has 0 aromatic carbocycles. The Morgan fingerprint density at radius 2 is 0.766 bits per heavy atom. The average Bonchev–Trinajstić information content (AvgIpc) is 3.80. The van der Waals surface area contributed by atoms with Crippen LogP contribution in [0.2, 0.25) is 0 Å². The molecule has 3 aromatic heterocycles. The molecule has 47 heavy (non-hydrogen) atoms. The summed E-state index contributed by atoms with van der Waals surface area (Å²) in [5, 5.41) is 0. The zero-order valence-corrected chi connectivity index (χ0v) is 31.5. The number of aryl methyl sites for hydroxylation is 4. The van der Waals surface area contributed by atoms with Crippen molar-refractivity contribution in [2.75, 3.05) is 0 Å². The van der Waals surface area contributed by atoms with Crippen LogP contribution < -0.4 is 9.97 Å².